The van der Waals surface area contributed by atoms with E-state index >= 15 is 0 Å². The molecule has 0 amide bonds. The zero-order valence-corrected chi connectivity index (χ0v) is 25.3. The van der Waals surface area contributed by atoms with Crippen molar-refractivity contribution in [3.8, 4) is 0 Å². The summed E-state index contributed by atoms with van der Waals surface area (Å²) in [5.41, 5.74) is 0. The molecule has 0 aromatic carbocycles. The molecular weight excluding hydrogens is 436 g/mol. The van der Waals surface area contributed by atoms with Crippen LogP contribution >= 0.6 is 0 Å². The highest BCUT2D eigenvalue weighted by molar-refractivity contribution is 4.84. The van der Waals surface area contributed by atoms with Gasteiger partial charge in [0, 0.05) is 6.42 Å². The summed E-state index contributed by atoms with van der Waals surface area (Å²) < 4.78 is 5.21. The Kier molecular flexibility index (Phi) is 23.9. The Morgan fingerprint density at radius 3 is 1.33 bits per heavy atom. The number of aryl methyl sites for hydroxylation is 2. The molecule has 0 N–H and O–H groups in total. The van der Waals surface area contributed by atoms with E-state index in [9.17, 15) is 0 Å². The van der Waals surface area contributed by atoms with Crippen molar-refractivity contribution in [1.82, 2.24) is 4.57 Å². The molecule has 0 aliphatic carbocycles. The third kappa shape index (κ3) is 18.5. The van der Waals surface area contributed by atoms with E-state index in [-0.39, 0.29) is 0 Å². The average Bonchev–Trinajstić information content (AvgIpc) is 3.27. The molecule has 2 heteroatoms. The first-order valence-corrected chi connectivity index (χ1v) is 16.9. The van der Waals surface area contributed by atoms with Gasteiger partial charge < -0.3 is 0 Å². The molecule has 0 saturated carbocycles. The van der Waals surface area contributed by atoms with Crippen LogP contribution in [0.3, 0.4) is 0 Å². The van der Waals surface area contributed by atoms with Crippen molar-refractivity contribution in [2.24, 2.45) is 0 Å². The lowest BCUT2D eigenvalue weighted by Gasteiger charge is -2.07. The van der Waals surface area contributed by atoms with Gasteiger partial charge in [-0.25, -0.2) is 9.13 Å². The molecule has 2 nitrogen and oxygen atoms in total. The zero-order valence-electron chi connectivity index (χ0n) is 25.3. The molecule has 1 rings (SSSR count). The Hall–Kier alpha value is -0.790. The van der Waals surface area contributed by atoms with Gasteiger partial charge in [-0.1, -0.05) is 149 Å². The highest BCUT2D eigenvalue weighted by Crippen LogP contribution is 2.14. The minimum absolute atomic E-state index is 1.22. The molecule has 212 valence electrons. The van der Waals surface area contributed by atoms with E-state index in [1.165, 1.54) is 180 Å². The van der Waals surface area contributed by atoms with Crippen molar-refractivity contribution in [3.05, 3.63) is 18.2 Å². The number of hydrogen-bond donors (Lipinski definition) is 0. The van der Waals surface area contributed by atoms with Gasteiger partial charge in [0.1, 0.15) is 12.4 Å². The molecule has 0 aliphatic rings. The van der Waals surface area contributed by atoms with Crippen molar-refractivity contribution < 1.29 is 4.57 Å². The van der Waals surface area contributed by atoms with Crippen LogP contribution in [0.1, 0.15) is 187 Å². The van der Waals surface area contributed by atoms with Crippen LogP contribution in [-0.2, 0) is 19.5 Å². The predicted octanol–water partition coefficient (Wildman–Crippen LogP) is 11.1. The fourth-order valence-electron chi connectivity index (χ4n) is 5.62. The second-order valence-corrected chi connectivity index (χ2v) is 11.6. The summed E-state index contributed by atoms with van der Waals surface area (Å²) in [6, 6.07) is 0. The maximum Gasteiger partial charge on any atom is 0.256 e. The highest BCUT2D eigenvalue weighted by atomic mass is 15.1. The van der Waals surface area contributed by atoms with Gasteiger partial charge in [-0.3, -0.25) is 0 Å². The number of unbranched alkanes of at least 4 members (excludes halogenated alkanes) is 22. The van der Waals surface area contributed by atoms with Crippen molar-refractivity contribution >= 4 is 0 Å². The van der Waals surface area contributed by atoms with Gasteiger partial charge in [0.25, 0.3) is 5.82 Å². The second-order valence-electron chi connectivity index (χ2n) is 11.6. The molecule has 0 radical (unpaired) electrons. The zero-order chi connectivity index (χ0) is 25.9. The van der Waals surface area contributed by atoms with Gasteiger partial charge in [-0.2, -0.15) is 0 Å². The molecule has 0 spiro atoms. The van der Waals surface area contributed by atoms with Crippen molar-refractivity contribution in [2.45, 2.75) is 201 Å². The normalized spacial score (nSPS) is 11.5. The summed E-state index contributed by atoms with van der Waals surface area (Å²) in [5, 5.41) is 0. The van der Waals surface area contributed by atoms with Gasteiger partial charge in [0.05, 0.1) is 13.1 Å². The van der Waals surface area contributed by atoms with Gasteiger partial charge >= 0.3 is 0 Å². The summed E-state index contributed by atoms with van der Waals surface area (Å²) in [5.74, 6) is 1.61. The number of nitrogens with zero attached hydrogens (tertiary/aromatic N) is 2. The standard InChI is InChI=1S/C34H67N2/c1-4-7-10-13-15-16-17-18-19-20-21-22-25-28-31-36-33-32-35(30-27-24-14-11-8-5-2)34(36)29-26-23-12-9-6-3/h32-33H,4-31H2,1-3H3/q+1. The molecule has 1 aromatic heterocycles. The van der Waals surface area contributed by atoms with Crippen molar-refractivity contribution in [3.63, 3.8) is 0 Å². The summed E-state index contributed by atoms with van der Waals surface area (Å²) in [4.78, 5) is 0. The third-order valence-electron chi connectivity index (χ3n) is 8.10. The monoisotopic (exact) mass is 504 g/mol. The lowest BCUT2D eigenvalue weighted by molar-refractivity contribution is -0.704. The van der Waals surface area contributed by atoms with Gasteiger partial charge in [0.2, 0.25) is 0 Å². The molecule has 36 heavy (non-hydrogen) atoms. The van der Waals surface area contributed by atoms with Crippen LogP contribution in [0.25, 0.3) is 0 Å². The molecule has 0 bridgehead atoms. The molecule has 0 saturated heterocycles. The van der Waals surface area contributed by atoms with Gasteiger partial charge in [-0.15, -0.1) is 0 Å². The van der Waals surface area contributed by atoms with Crippen LogP contribution in [0.4, 0.5) is 0 Å². The van der Waals surface area contributed by atoms with Crippen LogP contribution in [0.2, 0.25) is 0 Å². The first kappa shape index (κ1) is 33.2. The summed E-state index contributed by atoms with van der Waals surface area (Å²) >= 11 is 0. The van der Waals surface area contributed by atoms with E-state index < -0.39 is 0 Å². The van der Waals surface area contributed by atoms with E-state index in [2.05, 4.69) is 42.3 Å². The Morgan fingerprint density at radius 2 is 0.861 bits per heavy atom. The first-order chi connectivity index (χ1) is 17.8. The molecule has 0 unspecified atom stereocenters. The Morgan fingerprint density at radius 1 is 0.472 bits per heavy atom. The molecule has 0 atom stereocenters. The lowest BCUT2D eigenvalue weighted by Crippen LogP contribution is -2.37. The topological polar surface area (TPSA) is 8.81 Å². The fourth-order valence-corrected chi connectivity index (χ4v) is 5.62. The number of aromatic nitrogens is 2. The number of imidazole rings is 1. The Labute approximate surface area is 228 Å². The van der Waals surface area contributed by atoms with Gasteiger partial charge in [-0.05, 0) is 32.1 Å². The third-order valence-corrected chi connectivity index (χ3v) is 8.10. The Bertz CT molecular complexity index is 562. The van der Waals surface area contributed by atoms with E-state index in [4.69, 9.17) is 0 Å². The summed E-state index contributed by atoms with van der Waals surface area (Å²) in [6.07, 6.45) is 41.5. The number of rotatable bonds is 28. The summed E-state index contributed by atoms with van der Waals surface area (Å²) in [7, 11) is 0. The van der Waals surface area contributed by atoms with Crippen LogP contribution in [0.15, 0.2) is 12.4 Å². The molecule has 0 fully saturated rings. The lowest BCUT2D eigenvalue weighted by atomic mass is 10.0. The van der Waals surface area contributed by atoms with Crippen LogP contribution in [-0.4, -0.2) is 4.57 Å². The smallest absolute Gasteiger partial charge is 0.234 e. The quantitative estimate of drug-likeness (QED) is 0.0794. The molecular formula is C34H67N2+. The van der Waals surface area contributed by atoms with E-state index in [1.807, 2.05) is 0 Å². The molecule has 1 heterocycles. The maximum atomic E-state index is 2.61. The maximum absolute atomic E-state index is 2.61. The van der Waals surface area contributed by atoms with E-state index in [0.717, 1.165) is 0 Å². The van der Waals surface area contributed by atoms with Gasteiger partial charge in [0.15, 0.2) is 0 Å². The molecule has 0 aliphatic heterocycles. The highest BCUT2D eigenvalue weighted by Gasteiger charge is 2.16. The van der Waals surface area contributed by atoms with E-state index in [0.29, 0.717) is 0 Å². The largest absolute Gasteiger partial charge is 0.256 e. The van der Waals surface area contributed by atoms with Crippen LogP contribution < -0.4 is 4.57 Å². The van der Waals surface area contributed by atoms with Crippen LogP contribution in [0.5, 0.6) is 0 Å². The molecule has 1 aromatic rings. The average molecular weight is 504 g/mol. The SMILES string of the molecule is CCCCCCCCCCCCCCCC[n+]1ccn(CCCCCCCC)c1CCCCCCC. The minimum atomic E-state index is 1.22. The predicted molar refractivity (Wildman–Crippen MR) is 161 cm³/mol. The summed E-state index contributed by atoms with van der Waals surface area (Å²) in [6.45, 7) is 9.38. The first-order valence-electron chi connectivity index (χ1n) is 16.9. The fraction of sp³-hybridized carbons (Fsp3) is 0.912. The van der Waals surface area contributed by atoms with Crippen molar-refractivity contribution in [1.29, 1.82) is 0 Å². The van der Waals surface area contributed by atoms with E-state index in [1.54, 1.807) is 5.82 Å². The van der Waals surface area contributed by atoms with Crippen LogP contribution in [0, 0.1) is 0 Å². The minimum Gasteiger partial charge on any atom is -0.234 e. The second kappa shape index (κ2) is 25.8. The van der Waals surface area contributed by atoms with Crippen molar-refractivity contribution in [2.75, 3.05) is 0 Å². The Balaban J connectivity index is 2.21. The number of hydrogen-bond acceptors (Lipinski definition) is 0.